The van der Waals surface area contributed by atoms with E-state index < -0.39 is 36.9 Å². The fourth-order valence-electron chi connectivity index (χ4n) is 1.79. The molecule has 35 heavy (non-hydrogen) atoms. The number of nitrogens with one attached hydrogen (secondary N) is 3. The fourth-order valence-corrected chi connectivity index (χ4v) is 1.79. The van der Waals surface area contributed by atoms with Crippen LogP contribution in [0.1, 0.15) is 0 Å². The zero-order valence-corrected chi connectivity index (χ0v) is 18.7. The minimum Gasteiger partial charge on any atom is -0.447 e. The number of amides is 3. The van der Waals surface area contributed by atoms with Crippen LogP contribution in [0.15, 0.2) is 0 Å². The van der Waals surface area contributed by atoms with Crippen molar-refractivity contribution in [3.05, 3.63) is 0 Å². The smallest absolute Gasteiger partial charge is 0.440 e. The third-order valence-electron chi connectivity index (χ3n) is 3.26. The number of hydrogen-bond acceptors (Lipinski definition) is 12. The van der Waals surface area contributed by atoms with Crippen molar-refractivity contribution >= 4 is 24.2 Å². The zero-order chi connectivity index (χ0) is 26.4. The average Bonchev–Trinajstić information content (AvgIpc) is 2.81. The highest BCUT2D eigenvalue weighted by Crippen LogP contribution is 2.11. The fraction of sp³-hybridized carbons (Fsp3) is 0.765. The number of alkyl carbamates (subject to hydrolysis) is 3. The lowest BCUT2D eigenvalue weighted by Crippen LogP contribution is -2.48. The third-order valence-corrected chi connectivity index (χ3v) is 3.26. The molecule has 0 aliphatic heterocycles. The minimum atomic E-state index is -4.59. The summed E-state index contributed by atoms with van der Waals surface area (Å²) in [6, 6.07) is -4.59. The van der Waals surface area contributed by atoms with Gasteiger partial charge >= 0.3 is 30.3 Å². The van der Waals surface area contributed by atoms with Crippen LogP contribution >= 0.6 is 0 Å². The van der Waals surface area contributed by atoms with Crippen LogP contribution in [-0.4, -0.2) is 109 Å². The van der Waals surface area contributed by atoms with Gasteiger partial charge in [-0.3, -0.25) is 5.32 Å². The van der Waals surface area contributed by atoms with Gasteiger partial charge in [0.05, 0.1) is 39.6 Å². The first kappa shape index (κ1) is 31.9. The number of rotatable bonds is 19. The van der Waals surface area contributed by atoms with Crippen molar-refractivity contribution < 1.29 is 65.8 Å². The summed E-state index contributed by atoms with van der Waals surface area (Å²) in [5.41, 5.74) is 5.23. The van der Waals surface area contributed by atoms with Crippen LogP contribution in [0, 0.1) is 0 Å². The number of halogens is 3. The Balaban J connectivity index is 3.50. The van der Waals surface area contributed by atoms with Crippen molar-refractivity contribution in [1.82, 2.24) is 16.0 Å². The highest BCUT2D eigenvalue weighted by atomic mass is 19.3. The number of hydrogen-bond donors (Lipinski definition) is 4. The molecule has 0 spiro atoms. The Hall–Kier alpha value is -3.09. The lowest BCUT2D eigenvalue weighted by Gasteiger charge is -2.13. The van der Waals surface area contributed by atoms with Crippen LogP contribution in [0.25, 0.3) is 0 Å². The number of carbonyl (C=O) groups is 4. The predicted molar refractivity (Wildman–Crippen MR) is 107 cm³/mol. The van der Waals surface area contributed by atoms with E-state index >= 15 is 0 Å². The Morgan fingerprint density at radius 3 is 1.51 bits per heavy atom. The maximum Gasteiger partial charge on any atom is 0.440 e. The molecular weight excluding hydrogens is 493 g/mol. The predicted octanol–water partition coefficient (Wildman–Crippen LogP) is -0.806. The molecule has 0 aromatic carbocycles. The molecule has 0 atom stereocenters. The van der Waals surface area contributed by atoms with E-state index in [4.69, 9.17) is 29.4 Å². The molecule has 0 aliphatic carbocycles. The molecule has 0 bridgehead atoms. The van der Waals surface area contributed by atoms with Crippen molar-refractivity contribution in [3.8, 4) is 0 Å². The van der Waals surface area contributed by atoms with Crippen molar-refractivity contribution in [2.24, 2.45) is 5.73 Å². The molecule has 0 aromatic rings. The summed E-state index contributed by atoms with van der Waals surface area (Å²) >= 11 is 0. The largest absolute Gasteiger partial charge is 0.447 e. The van der Waals surface area contributed by atoms with E-state index in [1.165, 1.54) is 0 Å². The first-order valence-corrected chi connectivity index (χ1v) is 10.1. The van der Waals surface area contributed by atoms with E-state index in [9.17, 15) is 32.5 Å². The van der Waals surface area contributed by atoms with Crippen molar-refractivity contribution in [2.75, 3.05) is 79.1 Å². The molecule has 0 saturated heterocycles. The lowest BCUT2D eigenvalue weighted by molar-refractivity contribution is -0.214. The molecule has 204 valence electrons. The summed E-state index contributed by atoms with van der Waals surface area (Å²) in [6.45, 7) is 0.772. The summed E-state index contributed by atoms with van der Waals surface area (Å²) in [7, 11) is 0. The average molecular weight is 522 g/mol. The number of nitrogens with two attached hydrogens (primary N) is 1. The highest BCUT2D eigenvalue weighted by molar-refractivity contribution is 5.81. The second-order valence-corrected chi connectivity index (χ2v) is 5.95. The van der Waals surface area contributed by atoms with Crippen LogP contribution in [0.2, 0.25) is 0 Å². The quantitative estimate of drug-likeness (QED) is 0.0938. The van der Waals surface area contributed by atoms with Crippen LogP contribution in [-0.2, 0) is 38.2 Å². The number of alkyl halides is 2. The molecule has 15 nitrogen and oxygen atoms in total. The molecule has 0 fully saturated rings. The normalized spacial score (nSPS) is 10.7. The summed E-state index contributed by atoms with van der Waals surface area (Å²) in [5, 5.41) is 5.59. The summed E-state index contributed by atoms with van der Waals surface area (Å²) in [6.07, 6.45) is -3.08. The molecule has 18 heteroatoms. The van der Waals surface area contributed by atoms with Gasteiger partial charge in [0.15, 0.2) is 0 Å². The van der Waals surface area contributed by atoms with Crippen LogP contribution in [0.4, 0.5) is 27.7 Å². The molecule has 5 N–H and O–H groups in total. The van der Waals surface area contributed by atoms with Crippen LogP contribution in [0.3, 0.4) is 0 Å². The highest BCUT2D eigenvalue weighted by Gasteiger charge is 2.44. The van der Waals surface area contributed by atoms with E-state index in [1.54, 1.807) is 0 Å². The van der Waals surface area contributed by atoms with Gasteiger partial charge in [-0.1, -0.05) is 0 Å². The standard InChI is InChI=1S/C17H29F3N4O11/c18-17(19,13(25)35-20)24-16(28)34-12-9-31-6-3-23-15(27)33-11-8-30-5-2-22-14(26)32-10-7-29-4-1-21/h1-12,21H2,(H,22,26)(H,23,27)(H,24,28). The van der Waals surface area contributed by atoms with E-state index in [1.807, 2.05) is 0 Å². The molecular formula is C17H29F3N4O11. The molecule has 0 saturated carbocycles. The van der Waals surface area contributed by atoms with Gasteiger partial charge in [-0.2, -0.15) is 8.78 Å². The number of ether oxygens (including phenoxy) is 6. The maximum atomic E-state index is 12.8. The monoisotopic (exact) mass is 522 g/mol. The minimum absolute atomic E-state index is 0.0234. The molecule has 0 unspecified atom stereocenters. The Bertz CT molecular complexity index is 632. The van der Waals surface area contributed by atoms with Gasteiger partial charge in [0.25, 0.3) is 0 Å². The van der Waals surface area contributed by atoms with E-state index in [0.717, 1.165) is 5.32 Å². The Morgan fingerprint density at radius 1 is 0.657 bits per heavy atom. The molecule has 0 heterocycles. The third kappa shape index (κ3) is 19.0. The lowest BCUT2D eigenvalue weighted by atomic mass is 10.5. The van der Waals surface area contributed by atoms with Gasteiger partial charge < -0.3 is 44.8 Å². The first-order valence-electron chi connectivity index (χ1n) is 10.1. The van der Waals surface area contributed by atoms with Crippen LogP contribution < -0.4 is 21.7 Å². The van der Waals surface area contributed by atoms with Gasteiger partial charge in [-0.05, 0) is 0 Å². The van der Waals surface area contributed by atoms with E-state index in [2.05, 4.69) is 20.3 Å². The van der Waals surface area contributed by atoms with E-state index in [0.29, 0.717) is 13.2 Å². The second-order valence-electron chi connectivity index (χ2n) is 5.95. The summed E-state index contributed by atoms with van der Waals surface area (Å²) < 4.78 is 66.2. The summed E-state index contributed by atoms with van der Waals surface area (Å²) in [4.78, 5) is 46.4. The molecule has 0 aromatic heterocycles. The van der Waals surface area contributed by atoms with Crippen molar-refractivity contribution in [3.63, 3.8) is 0 Å². The summed E-state index contributed by atoms with van der Waals surface area (Å²) in [5.74, 6) is -2.61. The Morgan fingerprint density at radius 2 is 1.09 bits per heavy atom. The topological polar surface area (TPSA) is 195 Å². The maximum absolute atomic E-state index is 12.8. The molecule has 0 rings (SSSR count). The van der Waals surface area contributed by atoms with E-state index in [-0.39, 0.29) is 59.3 Å². The Labute approximate surface area is 197 Å². The van der Waals surface area contributed by atoms with Gasteiger partial charge in [-0.15, -0.1) is 0 Å². The van der Waals surface area contributed by atoms with Gasteiger partial charge in [-0.25, -0.2) is 24.1 Å². The van der Waals surface area contributed by atoms with Gasteiger partial charge in [0, 0.05) is 24.2 Å². The molecule has 0 aliphatic rings. The van der Waals surface area contributed by atoms with Crippen molar-refractivity contribution in [2.45, 2.75) is 6.05 Å². The van der Waals surface area contributed by atoms with Gasteiger partial charge in [0.1, 0.15) is 19.8 Å². The number of carbonyl (C=O) groups excluding carboxylic acids is 4. The second kappa shape index (κ2) is 20.3. The Kier molecular flexibility index (Phi) is 18.5. The van der Waals surface area contributed by atoms with Gasteiger partial charge in [0.2, 0.25) is 0 Å². The first-order chi connectivity index (χ1) is 16.7. The SMILES string of the molecule is NCCOCCOC(=O)NCCOCCOC(=O)NCCOCCOC(=O)NC(F)(F)C(=O)OF. The van der Waals surface area contributed by atoms with Crippen molar-refractivity contribution in [1.29, 1.82) is 0 Å². The molecule has 3 amide bonds. The zero-order valence-electron chi connectivity index (χ0n) is 18.7. The molecule has 0 radical (unpaired) electrons. The van der Waals surface area contributed by atoms with Crippen LogP contribution in [0.5, 0.6) is 0 Å².